The van der Waals surface area contributed by atoms with Crippen LogP contribution in [0.4, 0.5) is 5.69 Å². The van der Waals surface area contributed by atoms with Gasteiger partial charge in [0.15, 0.2) is 0 Å². The van der Waals surface area contributed by atoms with Crippen LogP contribution in [0.3, 0.4) is 0 Å². The average Bonchev–Trinajstić information content (AvgIpc) is 2.70. The molecule has 1 fully saturated rings. The first-order valence-corrected chi connectivity index (χ1v) is 9.02. The van der Waals surface area contributed by atoms with Gasteiger partial charge in [-0.1, -0.05) is 12.1 Å². The van der Waals surface area contributed by atoms with Crippen LogP contribution >= 0.6 is 0 Å². The monoisotopic (exact) mass is 356 g/mol. The summed E-state index contributed by atoms with van der Waals surface area (Å²) in [6.45, 7) is 3.90. The van der Waals surface area contributed by atoms with Crippen molar-refractivity contribution in [1.29, 1.82) is 5.26 Å². The van der Waals surface area contributed by atoms with Gasteiger partial charge in [-0.15, -0.1) is 0 Å². The van der Waals surface area contributed by atoms with Crippen molar-refractivity contribution in [3.63, 3.8) is 0 Å². The van der Waals surface area contributed by atoms with Gasteiger partial charge in [0, 0.05) is 36.4 Å². The van der Waals surface area contributed by atoms with Crippen LogP contribution in [-0.4, -0.2) is 34.9 Å². The summed E-state index contributed by atoms with van der Waals surface area (Å²) in [6.07, 6.45) is 1.80. The Morgan fingerprint density at radius 1 is 1.19 bits per heavy atom. The van der Waals surface area contributed by atoms with Gasteiger partial charge in [0.1, 0.15) is 0 Å². The predicted molar refractivity (Wildman–Crippen MR) is 105 cm³/mol. The highest BCUT2D eigenvalue weighted by atomic mass is 16.2. The zero-order valence-corrected chi connectivity index (χ0v) is 15.2. The predicted octanol–water partition coefficient (Wildman–Crippen LogP) is 3.34. The molecule has 2 aromatic carbocycles. The lowest BCUT2D eigenvalue weighted by Crippen LogP contribution is -2.54. The molecular weight excluding hydrogens is 336 g/mol. The molecule has 0 bridgehead atoms. The van der Waals surface area contributed by atoms with E-state index in [9.17, 15) is 4.79 Å². The van der Waals surface area contributed by atoms with Crippen molar-refractivity contribution in [2.45, 2.75) is 19.5 Å². The number of pyridine rings is 1. The number of piperazine rings is 1. The molecule has 134 valence electrons. The van der Waals surface area contributed by atoms with Crippen LogP contribution in [0.1, 0.15) is 18.1 Å². The first-order chi connectivity index (χ1) is 13.1. The summed E-state index contributed by atoms with van der Waals surface area (Å²) in [7, 11) is 0. The van der Waals surface area contributed by atoms with Crippen molar-refractivity contribution >= 4 is 22.5 Å². The molecule has 0 radical (unpaired) electrons. The van der Waals surface area contributed by atoms with Crippen LogP contribution < -0.4 is 4.90 Å². The molecule has 1 unspecified atom stereocenters. The summed E-state index contributed by atoms with van der Waals surface area (Å²) in [5, 5.41) is 10.0. The number of carbonyl (C=O) groups is 1. The third kappa shape index (κ3) is 3.53. The van der Waals surface area contributed by atoms with Crippen molar-refractivity contribution < 1.29 is 4.79 Å². The molecule has 2 heterocycles. The molecule has 0 saturated carbocycles. The highest BCUT2D eigenvalue weighted by Gasteiger charge is 2.30. The van der Waals surface area contributed by atoms with E-state index in [1.54, 1.807) is 18.3 Å². The van der Waals surface area contributed by atoms with Crippen LogP contribution in [-0.2, 0) is 11.3 Å². The maximum absolute atomic E-state index is 12.7. The number of rotatable bonds is 3. The molecule has 4 rings (SSSR count). The Bertz CT molecular complexity index is 1020. The second kappa shape index (κ2) is 7.18. The minimum absolute atomic E-state index is 0.0836. The molecule has 1 amide bonds. The molecule has 3 aromatic rings. The van der Waals surface area contributed by atoms with Gasteiger partial charge in [-0.05, 0) is 55.0 Å². The Labute approximate surface area is 158 Å². The smallest absolute Gasteiger partial charge is 0.241 e. The van der Waals surface area contributed by atoms with Crippen LogP contribution in [0.15, 0.2) is 60.8 Å². The van der Waals surface area contributed by atoms with Crippen molar-refractivity contribution in [1.82, 2.24) is 9.88 Å². The van der Waals surface area contributed by atoms with Crippen LogP contribution in [0, 0.1) is 11.3 Å². The third-order valence-electron chi connectivity index (χ3n) is 5.07. The van der Waals surface area contributed by atoms with Crippen LogP contribution in [0.5, 0.6) is 0 Å². The van der Waals surface area contributed by atoms with E-state index >= 15 is 0 Å². The van der Waals surface area contributed by atoms with E-state index in [4.69, 9.17) is 5.26 Å². The quantitative estimate of drug-likeness (QED) is 0.722. The zero-order valence-electron chi connectivity index (χ0n) is 15.2. The summed E-state index contributed by atoms with van der Waals surface area (Å²) < 4.78 is 0. The van der Waals surface area contributed by atoms with E-state index in [0.29, 0.717) is 18.7 Å². The SMILES string of the molecule is CC1CN(c2ccc(C#N)cc2)C(=O)CN1Cc1ccc2ncccc2c1. The van der Waals surface area contributed by atoms with Gasteiger partial charge >= 0.3 is 0 Å². The summed E-state index contributed by atoms with van der Waals surface area (Å²) in [4.78, 5) is 21.1. The fraction of sp³-hybridized carbons (Fsp3) is 0.227. The molecule has 1 saturated heterocycles. The molecule has 1 atom stereocenters. The summed E-state index contributed by atoms with van der Waals surface area (Å²) >= 11 is 0. The minimum Gasteiger partial charge on any atom is -0.310 e. The van der Waals surface area contributed by atoms with Gasteiger partial charge < -0.3 is 4.90 Å². The molecule has 5 heteroatoms. The van der Waals surface area contributed by atoms with Gasteiger partial charge in [0.05, 0.1) is 23.7 Å². The van der Waals surface area contributed by atoms with Gasteiger partial charge in [-0.2, -0.15) is 5.26 Å². The zero-order chi connectivity index (χ0) is 18.8. The van der Waals surface area contributed by atoms with Crippen molar-refractivity contribution in [3.05, 3.63) is 71.9 Å². The molecule has 1 aromatic heterocycles. The number of carbonyl (C=O) groups excluding carboxylic acids is 1. The van der Waals surface area contributed by atoms with E-state index in [-0.39, 0.29) is 11.9 Å². The molecular formula is C22H20N4O. The highest BCUT2D eigenvalue weighted by molar-refractivity contribution is 5.95. The summed E-state index contributed by atoms with van der Waals surface area (Å²) in [5.74, 6) is 0.0836. The van der Waals surface area contributed by atoms with E-state index in [1.807, 2.05) is 29.2 Å². The van der Waals surface area contributed by atoms with Crippen LogP contribution in [0.25, 0.3) is 10.9 Å². The van der Waals surface area contributed by atoms with E-state index in [2.05, 4.69) is 41.1 Å². The van der Waals surface area contributed by atoms with Gasteiger partial charge in [0.25, 0.3) is 0 Å². The Morgan fingerprint density at radius 2 is 2.00 bits per heavy atom. The molecule has 0 N–H and O–H groups in total. The molecule has 0 aliphatic carbocycles. The number of hydrogen-bond donors (Lipinski definition) is 0. The second-order valence-corrected chi connectivity index (χ2v) is 6.95. The molecule has 1 aliphatic heterocycles. The van der Waals surface area contributed by atoms with E-state index in [0.717, 1.165) is 23.1 Å². The number of amides is 1. The summed E-state index contributed by atoms with van der Waals surface area (Å²) in [6, 6.07) is 19.8. The largest absolute Gasteiger partial charge is 0.310 e. The average molecular weight is 356 g/mol. The molecule has 27 heavy (non-hydrogen) atoms. The number of nitriles is 1. The van der Waals surface area contributed by atoms with Crippen molar-refractivity contribution in [3.8, 4) is 6.07 Å². The number of aromatic nitrogens is 1. The lowest BCUT2D eigenvalue weighted by molar-refractivity contribution is -0.122. The van der Waals surface area contributed by atoms with E-state index < -0.39 is 0 Å². The molecule has 5 nitrogen and oxygen atoms in total. The Morgan fingerprint density at radius 3 is 2.78 bits per heavy atom. The maximum Gasteiger partial charge on any atom is 0.241 e. The molecule has 1 aliphatic rings. The Hall–Kier alpha value is -3.23. The number of hydrogen-bond acceptors (Lipinski definition) is 4. The fourth-order valence-electron chi connectivity index (χ4n) is 3.53. The number of benzene rings is 2. The standard InChI is InChI=1S/C22H20N4O/c1-16-13-26(20-7-4-17(12-23)5-8-20)22(27)15-25(16)14-18-6-9-21-19(11-18)3-2-10-24-21/h2-11,16H,13-15H2,1H3. The lowest BCUT2D eigenvalue weighted by Gasteiger charge is -2.39. The number of anilines is 1. The topological polar surface area (TPSA) is 60.2 Å². The van der Waals surface area contributed by atoms with Gasteiger partial charge in [0.2, 0.25) is 5.91 Å². The van der Waals surface area contributed by atoms with Crippen molar-refractivity contribution in [2.24, 2.45) is 0 Å². The van der Waals surface area contributed by atoms with Gasteiger partial charge in [-0.3, -0.25) is 14.7 Å². The first-order valence-electron chi connectivity index (χ1n) is 9.02. The normalized spacial score (nSPS) is 17.9. The van der Waals surface area contributed by atoms with Gasteiger partial charge in [-0.25, -0.2) is 0 Å². The fourth-order valence-corrected chi connectivity index (χ4v) is 3.53. The lowest BCUT2D eigenvalue weighted by atomic mass is 10.1. The Balaban J connectivity index is 1.49. The second-order valence-electron chi connectivity index (χ2n) is 6.95. The minimum atomic E-state index is 0.0836. The third-order valence-corrected chi connectivity index (χ3v) is 5.07. The number of fused-ring (bicyclic) bond motifs is 1. The number of nitrogens with zero attached hydrogens (tertiary/aromatic N) is 4. The van der Waals surface area contributed by atoms with E-state index in [1.165, 1.54) is 5.56 Å². The van der Waals surface area contributed by atoms with Crippen LogP contribution in [0.2, 0.25) is 0 Å². The molecule has 0 spiro atoms. The maximum atomic E-state index is 12.7. The summed E-state index contributed by atoms with van der Waals surface area (Å²) in [5.41, 5.74) is 3.61. The van der Waals surface area contributed by atoms with Crippen molar-refractivity contribution in [2.75, 3.05) is 18.0 Å². The first kappa shape index (κ1) is 17.2. The highest BCUT2D eigenvalue weighted by Crippen LogP contribution is 2.23. The Kier molecular flexibility index (Phi) is 4.57.